The molecule has 0 amide bonds. The van der Waals surface area contributed by atoms with Gasteiger partial charge in [-0.25, -0.2) is 0 Å². The molecule has 1 aromatic carbocycles. The first kappa shape index (κ1) is 13.8. The second-order valence-corrected chi connectivity index (χ2v) is 5.36. The van der Waals surface area contributed by atoms with Crippen molar-refractivity contribution in [1.29, 1.82) is 0 Å². The molecule has 2 unspecified atom stereocenters. The third-order valence-corrected chi connectivity index (χ3v) is 4.04. The van der Waals surface area contributed by atoms with Crippen molar-refractivity contribution in [2.45, 2.75) is 25.1 Å². The fourth-order valence-corrected chi connectivity index (χ4v) is 2.51. The number of aliphatic hydroxyl groups is 1. The first-order valence-electron chi connectivity index (χ1n) is 6.49. The Labute approximate surface area is 114 Å². The van der Waals surface area contributed by atoms with Crippen LogP contribution in [0.5, 0.6) is 0 Å². The van der Waals surface area contributed by atoms with Gasteiger partial charge in [-0.1, -0.05) is 30.3 Å². The topological polar surface area (TPSA) is 26.7 Å². The predicted molar refractivity (Wildman–Crippen MR) is 74.6 cm³/mol. The maximum absolute atomic E-state index is 9.49. The molecule has 2 atom stereocenters. The summed E-state index contributed by atoms with van der Waals surface area (Å²) in [7, 11) is 0. The van der Waals surface area contributed by atoms with Gasteiger partial charge in [-0.05, 0) is 12.5 Å². The predicted octanol–water partition coefficient (Wildman–Crippen LogP) is 1.75. The first-order valence-corrected chi connectivity index (χ1v) is 6.93. The number of alkyl halides is 1. The van der Waals surface area contributed by atoms with E-state index in [4.69, 9.17) is 11.6 Å². The van der Waals surface area contributed by atoms with E-state index >= 15 is 0 Å². The van der Waals surface area contributed by atoms with Gasteiger partial charge in [0.15, 0.2) is 0 Å². The summed E-state index contributed by atoms with van der Waals surface area (Å²) in [5, 5.41) is 9.49. The molecule has 0 aromatic heterocycles. The largest absolute Gasteiger partial charge is 0.390 e. The third kappa shape index (κ3) is 3.69. The summed E-state index contributed by atoms with van der Waals surface area (Å²) in [5.74, 6) is 0. The Kier molecular flexibility index (Phi) is 5.01. The molecule has 1 N–H and O–H groups in total. The molecule has 1 aromatic rings. The Bertz CT molecular complexity index is 350. The van der Waals surface area contributed by atoms with Crippen LogP contribution < -0.4 is 0 Å². The summed E-state index contributed by atoms with van der Waals surface area (Å²) in [4.78, 5) is 4.57. The molecular weight excluding hydrogens is 248 g/mol. The molecule has 0 aliphatic carbocycles. The standard InChI is InChI=1S/C14H21ClN2O/c1-12(18)14(15)17-9-7-16(8-10-17)11-13-5-3-2-4-6-13/h2-6,12,14,18H,7-11H2,1H3. The fourth-order valence-electron chi connectivity index (χ4n) is 2.31. The Morgan fingerprint density at radius 1 is 1.17 bits per heavy atom. The molecule has 100 valence electrons. The van der Waals surface area contributed by atoms with Gasteiger partial charge in [0.25, 0.3) is 0 Å². The molecule has 0 radical (unpaired) electrons. The Balaban J connectivity index is 1.80. The second-order valence-electron chi connectivity index (χ2n) is 4.91. The number of piperazine rings is 1. The zero-order chi connectivity index (χ0) is 13.0. The highest BCUT2D eigenvalue weighted by atomic mass is 35.5. The van der Waals surface area contributed by atoms with Crippen LogP contribution in [0, 0.1) is 0 Å². The highest BCUT2D eigenvalue weighted by Gasteiger charge is 2.24. The average molecular weight is 269 g/mol. The van der Waals surface area contributed by atoms with Crippen molar-refractivity contribution in [2.75, 3.05) is 26.2 Å². The van der Waals surface area contributed by atoms with E-state index in [0.29, 0.717) is 0 Å². The summed E-state index contributed by atoms with van der Waals surface area (Å²) in [6.45, 7) is 6.60. The van der Waals surface area contributed by atoms with E-state index in [1.165, 1.54) is 5.56 Å². The number of aliphatic hydroxyl groups excluding tert-OH is 1. The molecular formula is C14H21ClN2O. The third-order valence-electron chi connectivity index (χ3n) is 3.40. The van der Waals surface area contributed by atoms with E-state index in [-0.39, 0.29) is 5.50 Å². The van der Waals surface area contributed by atoms with E-state index in [0.717, 1.165) is 32.7 Å². The molecule has 1 fully saturated rings. The normalized spacial score (nSPS) is 21.7. The van der Waals surface area contributed by atoms with Crippen LogP contribution in [0.2, 0.25) is 0 Å². The van der Waals surface area contributed by atoms with Gasteiger partial charge >= 0.3 is 0 Å². The van der Waals surface area contributed by atoms with Crippen molar-refractivity contribution in [3.8, 4) is 0 Å². The lowest BCUT2D eigenvalue weighted by Crippen LogP contribution is -2.51. The van der Waals surface area contributed by atoms with Crippen molar-refractivity contribution >= 4 is 11.6 Å². The number of benzene rings is 1. The van der Waals surface area contributed by atoms with Gasteiger partial charge in [-0.3, -0.25) is 9.80 Å². The molecule has 1 aliphatic rings. The van der Waals surface area contributed by atoms with Gasteiger partial charge in [0.2, 0.25) is 0 Å². The van der Waals surface area contributed by atoms with E-state index in [1.807, 2.05) is 6.07 Å². The van der Waals surface area contributed by atoms with E-state index in [1.54, 1.807) is 6.92 Å². The van der Waals surface area contributed by atoms with E-state index in [9.17, 15) is 5.11 Å². The quantitative estimate of drug-likeness (QED) is 0.666. The van der Waals surface area contributed by atoms with Gasteiger partial charge < -0.3 is 5.11 Å². The molecule has 3 nitrogen and oxygen atoms in total. The monoisotopic (exact) mass is 268 g/mol. The van der Waals surface area contributed by atoms with Crippen LogP contribution in [0.1, 0.15) is 12.5 Å². The highest BCUT2D eigenvalue weighted by Crippen LogP contribution is 2.14. The minimum Gasteiger partial charge on any atom is -0.390 e. The highest BCUT2D eigenvalue weighted by molar-refractivity contribution is 6.20. The van der Waals surface area contributed by atoms with Crippen molar-refractivity contribution in [3.05, 3.63) is 35.9 Å². The van der Waals surface area contributed by atoms with Crippen LogP contribution in [0.15, 0.2) is 30.3 Å². The number of hydrogen-bond donors (Lipinski definition) is 1. The summed E-state index contributed by atoms with van der Waals surface area (Å²) in [6, 6.07) is 10.5. The first-order chi connectivity index (χ1) is 8.66. The van der Waals surface area contributed by atoms with Gasteiger partial charge in [0.1, 0.15) is 5.50 Å². The van der Waals surface area contributed by atoms with Gasteiger partial charge in [0.05, 0.1) is 6.10 Å². The number of hydrogen-bond acceptors (Lipinski definition) is 3. The molecule has 18 heavy (non-hydrogen) atoms. The molecule has 2 rings (SSSR count). The molecule has 0 bridgehead atoms. The minimum atomic E-state index is -0.479. The van der Waals surface area contributed by atoms with Gasteiger partial charge in [0, 0.05) is 32.7 Å². The SMILES string of the molecule is CC(O)C(Cl)N1CCN(Cc2ccccc2)CC1. The smallest absolute Gasteiger partial charge is 0.111 e. The van der Waals surface area contributed by atoms with Crippen LogP contribution >= 0.6 is 11.6 Å². The second kappa shape index (κ2) is 6.53. The Morgan fingerprint density at radius 2 is 1.78 bits per heavy atom. The lowest BCUT2D eigenvalue weighted by Gasteiger charge is -2.37. The van der Waals surface area contributed by atoms with E-state index < -0.39 is 6.10 Å². The molecule has 4 heteroatoms. The number of halogens is 1. The van der Waals surface area contributed by atoms with Crippen molar-refractivity contribution in [3.63, 3.8) is 0 Å². The van der Waals surface area contributed by atoms with Crippen LogP contribution in [0.25, 0.3) is 0 Å². The Morgan fingerprint density at radius 3 is 2.33 bits per heavy atom. The maximum Gasteiger partial charge on any atom is 0.111 e. The number of rotatable bonds is 4. The lowest BCUT2D eigenvalue weighted by molar-refractivity contribution is 0.0600. The summed E-state index contributed by atoms with van der Waals surface area (Å²) < 4.78 is 0. The zero-order valence-corrected chi connectivity index (χ0v) is 11.6. The van der Waals surface area contributed by atoms with Crippen molar-refractivity contribution in [2.24, 2.45) is 0 Å². The molecule has 1 saturated heterocycles. The minimum absolute atomic E-state index is 0.260. The maximum atomic E-state index is 9.49. The van der Waals surface area contributed by atoms with Gasteiger partial charge in [-0.15, -0.1) is 11.6 Å². The zero-order valence-electron chi connectivity index (χ0n) is 10.8. The lowest BCUT2D eigenvalue weighted by atomic mass is 10.2. The number of nitrogens with zero attached hydrogens (tertiary/aromatic N) is 2. The van der Waals surface area contributed by atoms with Crippen LogP contribution in [-0.2, 0) is 6.54 Å². The van der Waals surface area contributed by atoms with Crippen LogP contribution in [0.4, 0.5) is 0 Å². The van der Waals surface area contributed by atoms with Crippen molar-refractivity contribution in [1.82, 2.24) is 9.80 Å². The fraction of sp³-hybridized carbons (Fsp3) is 0.571. The summed E-state index contributed by atoms with van der Waals surface area (Å²) in [5.41, 5.74) is 1.09. The van der Waals surface area contributed by atoms with Gasteiger partial charge in [-0.2, -0.15) is 0 Å². The Hall–Kier alpha value is -0.610. The average Bonchev–Trinajstić information content (AvgIpc) is 2.40. The van der Waals surface area contributed by atoms with Crippen molar-refractivity contribution < 1.29 is 5.11 Å². The summed E-state index contributed by atoms with van der Waals surface area (Å²) >= 11 is 6.16. The molecule has 1 aliphatic heterocycles. The molecule has 0 saturated carbocycles. The molecule has 0 spiro atoms. The van der Waals surface area contributed by atoms with Crippen LogP contribution in [-0.4, -0.2) is 52.7 Å². The summed E-state index contributed by atoms with van der Waals surface area (Å²) in [6.07, 6.45) is -0.479. The van der Waals surface area contributed by atoms with E-state index in [2.05, 4.69) is 34.1 Å². The van der Waals surface area contributed by atoms with Crippen LogP contribution in [0.3, 0.4) is 0 Å². The molecule has 1 heterocycles.